The molecule has 4 heteroatoms. The predicted octanol–water partition coefficient (Wildman–Crippen LogP) is 3.30. The Kier molecular flexibility index (Phi) is 5.39. The van der Waals surface area contributed by atoms with Crippen LogP contribution in [0.3, 0.4) is 0 Å². The van der Waals surface area contributed by atoms with Crippen molar-refractivity contribution < 1.29 is 4.74 Å². The van der Waals surface area contributed by atoms with E-state index in [0.717, 1.165) is 24.5 Å². The Morgan fingerprint density at radius 2 is 2.14 bits per heavy atom. The van der Waals surface area contributed by atoms with Gasteiger partial charge in [0, 0.05) is 19.4 Å². The van der Waals surface area contributed by atoms with E-state index in [1.54, 1.807) is 0 Å². The molecule has 0 amide bonds. The second-order valence-electron chi connectivity index (χ2n) is 5.52. The SMILES string of the molecule is CCCNC(c1cccc(OC(C)C)c1)c1nccn1C. The van der Waals surface area contributed by atoms with Crippen LogP contribution in [0, 0.1) is 0 Å². The fraction of sp³-hybridized carbons (Fsp3) is 0.471. The third kappa shape index (κ3) is 4.08. The van der Waals surface area contributed by atoms with E-state index in [1.165, 1.54) is 5.56 Å². The molecule has 4 nitrogen and oxygen atoms in total. The summed E-state index contributed by atoms with van der Waals surface area (Å²) in [6.07, 6.45) is 5.08. The van der Waals surface area contributed by atoms with Crippen LogP contribution >= 0.6 is 0 Å². The largest absolute Gasteiger partial charge is 0.491 e. The third-order valence-electron chi connectivity index (χ3n) is 3.28. The van der Waals surface area contributed by atoms with Gasteiger partial charge < -0.3 is 14.6 Å². The van der Waals surface area contributed by atoms with Crippen molar-refractivity contribution in [3.05, 3.63) is 48.0 Å². The molecule has 2 rings (SSSR count). The number of hydrogen-bond donors (Lipinski definition) is 1. The first-order valence-corrected chi connectivity index (χ1v) is 7.59. The fourth-order valence-electron chi connectivity index (χ4n) is 2.34. The van der Waals surface area contributed by atoms with Crippen molar-refractivity contribution in [2.24, 2.45) is 7.05 Å². The maximum atomic E-state index is 5.80. The van der Waals surface area contributed by atoms with Gasteiger partial charge in [0.1, 0.15) is 11.6 Å². The summed E-state index contributed by atoms with van der Waals surface area (Å²) in [5, 5.41) is 3.57. The molecule has 0 saturated heterocycles. The Hall–Kier alpha value is -1.81. The van der Waals surface area contributed by atoms with Crippen molar-refractivity contribution in [3.8, 4) is 5.75 Å². The standard InChI is InChI=1S/C17H25N3O/c1-5-9-18-16(17-19-10-11-20(17)4)14-7-6-8-15(12-14)21-13(2)3/h6-8,10-13,16,18H,5,9H2,1-4H3. The van der Waals surface area contributed by atoms with Gasteiger partial charge in [-0.3, -0.25) is 0 Å². The molecule has 0 saturated carbocycles. The van der Waals surface area contributed by atoms with E-state index in [0.29, 0.717) is 0 Å². The molecule has 1 atom stereocenters. The molecule has 0 bridgehead atoms. The molecule has 0 aliphatic rings. The average molecular weight is 287 g/mol. The molecule has 1 unspecified atom stereocenters. The van der Waals surface area contributed by atoms with Gasteiger partial charge in [-0.05, 0) is 44.5 Å². The summed E-state index contributed by atoms with van der Waals surface area (Å²) in [6, 6.07) is 8.34. The Balaban J connectivity index is 2.30. The Morgan fingerprint density at radius 3 is 2.76 bits per heavy atom. The van der Waals surface area contributed by atoms with Gasteiger partial charge in [0.15, 0.2) is 0 Å². The smallest absolute Gasteiger partial charge is 0.130 e. The predicted molar refractivity (Wildman–Crippen MR) is 85.6 cm³/mol. The summed E-state index contributed by atoms with van der Waals surface area (Å²) in [4.78, 5) is 4.50. The van der Waals surface area contributed by atoms with Crippen LogP contribution in [0.25, 0.3) is 0 Å². The fourth-order valence-corrected chi connectivity index (χ4v) is 2.34. The number of imidazole rings is 1. The monoisotopic (exact) mass is 287 g/mol. The van der Waals surface area contributed by atoms with Crippen molar-refractivity contribution >= 4 is 0 Å². The number of aromatic nitrogens is 2. The number of rotatable bonds is 7. The molecule has 1 N–H and O–H groups in total. The van der Waals surface area contributed by atoms with Gasteiger partial charge in [0.05, 0.1) is 12.1 Å². The van der Waals surface area contributed by atoms with Gasteiger partial charge in [-0.25, -0.2) is 4.98 Å². The Morgan fingerprint density at radius 1 is 1.33 bits per heavy atom. The first-order valence-electron chi connectivity index (χ1n) is 7.59. The average Bonchev–Trinajstić information content (AvgIpc) is 2.85. The first-order chi connectivity index (χ1) is 10.1. The molecular weight excluding hydrogens is 262 g/mol. The minimum Gasteiger partial charge on any atom is -0.491 e. The van der Waals surface area contributed by atoms with Crippen LogP contribution < -0.4 is 10.1 Å². The second kappa shape index (κ2) is 7.27. The maximum Gasteiger partial charge on any atom is 0.130 e. The van der Waals surface area contributed by atoms with Crippen LogP contribution in [0.2, 0.25) is 0 Å². The van der Waals surface area contributed by atoms with Crippen molar-refractivity contribution in [1.29, 1.82) is 0 Å². The summed E-state index contributed by atoms with van der Waals surface area (Å²) in [6.45, 7) is 7.20. The number of nitrogens with zero attached hydrogens (tertiary/aromatic N) is 2. The van der Waals surface area contributed by atoms with Gasteiger partial charge in [0.25, 0.3) is 0 Å². The Bertz CT molecular complexity index is 563. The molecule has 0 spiro atoms. The molecule has 0 aliphatic carbocycles. The summed E-state index contributed by atoms with van der Waals surface area (Å²) in [7, 11) is 2.03. The molecule has 1 heterocycles. The van der Waals surface area contributed by atoms with Crippen LogP contribution in [-0.4, -0.2) is 22.2 Å². The van der Waals surface area contributed by atoms with Gasteiger partial charge in [-0.15, -0.1) is 0 Å². The minimum atomic E-state index is 0.0839. The van der Waals surface area contributed by atoms with Crippen LogP contribution in [-0.2, 0) is 7.05 Å². The third-order valence-corrected chi connectivity index (χ3v) is 3.28. The molecule has 0 aliphatic heterocycles. The zero-order valence-electron chi connectivity index (χ0n) is 13.3. The zero-order chi connectivity index (χ0) is 15.2. The number of hydrogen-bond acceptors (Lipinski definition) is 3. The van der Waals surface area contributed by atoms with Gasteiger partial charge >= 0.3 is 0 Å². The lowest BCUT2D eigenvalue weighted by Crippen LogP contribution is -2.25. The van der Waals surface area contributed by atoms with Gasteiger partial charge in [-0.2, -0.15) is 0 Å². The first kappa shape index (κ1) is 15.6. The van der Waals surface area contributed by atoms with E-state index >= 15 is 0 Å². The number of nitrogens with one attached hydrogen (secondary N) is 1. The normalized spacial score (nSPS) is 12.6. The van der Waals surface area contributed by atoms with E-state index in [9.17, 15) is 0 Å². The number of ether oxygens (including phenoxy) is 1. The lowest BCUT2D eigenvalue weighted by molar-refractivity contribution is 0.242. The highest BCUT2D eigenvalue weighted by Crippen LogP contribution is 2.24. The van der Waals surface area contributed by atoms with E-state index in [2.05, 4.69) is 33.9 Å². The van der Waals surface area contributed by atoms with Crippen molar-refractivity contribution in [2.75, 3.05) is 6.54 Å². The lowest BCUT2D eigenvalue weighted by atomic mass is 10.1. The zero-order valence-corrected chi connectivity index (χ0v) is 13.3. The maximum absolute atomic E-state index is 5.80. The van der Waals surface area contributed by atoms with E-state index in [-0.39, 0.29) is 12.1 Å². The number of aryl methyl sites for hydroxylation is 1. The van der Waals surface area contributed by atoms with Gasteiger partial charge in [0.2, 0.25) is 0 Å². The van der Waals surface area contributed by atoms with Crippen LogP contribution in [0.4, 0.5) is 0 Å². The summed E-state index contributed by atoms with van der Waals surface area (Å²) >= 11 is 0. The highest BCUT2D eigenvalue weighted by molar-refractivity contribution is 5.33. The molecule has 2 aromatic rings. The second-order valence-corrected chi connectivity index (χ2v) is 5.52. The molecule has 114 valence electrons. The van der Waals surface area contributed by atoms with Crippen LogP contribution in [0.5, 0.6) is 5.75 Å². The van der Waals surface area contributed by atoms with Crippen molar-refractivity contribution in [1.82, 2.24) is 14.9 Å². The van der Waals surface area contributed by atoms with E-state index in [4.69, 9.17) is 4.74 Å². The molecule has 0 fully saturated rings. The highest BCUT2D eigenvalue weighted by atomic mass is 16.5. The molecule has 0 radical (unpaired) electrons. The number of benzene rings is 1. The van der Waals surface area contributed by atoms with Crippen molar-refractivity contribution in [2.45, 2.75) is 39.3 Å². The quantitative estimate of drug-likeness (QED) is 0.849. The highest BCUT2D eigenvalue weighted by Gasteiger charge is 2.18. The molecule has 1 aromatic carbocycles. The molecule has 21 heavy (non-hydrogen) atoms. The van der Waals surface area contributed by atoms with Crippen molar-refractivity contribution in [3.63, 3.8) is 0 Å². The molecule has 1 aromatic heterocycles. The van der Waals surface area contributed by atoms with Gasteiger partial charge in [-0.1, -0.05) is 19.1 Å². The Labute approximate surface area is 127 Å². The van der Waals surface area contributed by atoms with Crippen LogP contribution in [0.15, 0.2) is 36.7 Å². The van der Waals surface area contributed by atoms with E-state index < -0.39 is 0 Å². The summed E-state index contributed by atoms with van der Waals surface area (Å²) < 4.78 is 7.86. The summed E-state index contributed by atoms with van der Waals surface area (Å²) in [5.41, 5.74) is 1.18. The topological polar surface area (TPSA) is 39.1 Å². The lowest BCUT2D eigenvalue weighted by Gasteiger charge is -2.20. The van der Waals surface area contributed by atoms with E-state index in [1.807, 2.05) is 45.4 Å². The van der Waals surface area contributed by atoms with Crippen LogP contribution in [0.1, 0.15) is 44.6 Å². The minimum absolute atomic E-state index is 0.0839. The molecular formula is C17H25N3O. The summed E-state index contributed by atoms with van der Waals surface area (Å²) in [5.74, 6) is 1.92.